The number of nitrogens with zero attached hydrogens (tertiary/aromatic N) is 4. The fraction of sp³-hybridized carbons (Fsp3) is 0.231. The van der Waals surface area contributed by atoms with Crippen molar-refractivity contribution in [2.75, 3.05) is 36.5 Å². The van der Waals surface area contributed by atoms with Gasteiger partial charge < -0.3 is 10.2 Å². The second-order valence-electron chi connectivity index (χ2n) is 9.06. The van der Waals surface area contributed by atoms with E-state index in [9.17, 15) is 31.2 Å². The maximum Gasteiger partial charge on any atom is 0.256 e. The number of carbonyl (C=O) groups is 1. The van der Waals surface area contributed by atoms with Gasteiger partial charge in [-0.2, -0.15) is 4.98 Å². The first kappa shape index (κ1) is 26.4. The summed E-state index contributed by atoms with van der Waals surface area (Å²) in [5, 5.41) is 3.04. The molecule has 1 saturated heterocycles. The van der Waals surface area contributed by atoms with Crippen molar-refractivity contribution in [3.63, 3.8) is 0 Å². The van der Waals surface area contributed by atoms with E-state index in [0.29, 0.717) is 11.1 Å². The number of aryl methyl sites for hydroxylation is 1. The molecule has 202 valence electrons. The topological polar surface area (TPSA) is 114 Å². The van der Waals surface area contributed by atoms with E-state index < -0.39 is 44.4 Å². The first-order valence-corrected chi connectivity index (χ1v) is 13.7. The number of fused-ring (bicyclic) bond motifs is 1. The van der Waals surface area contributed by atoms with Gasteiger partial charge in [0.15, 0.2) is 15.5 Å². The maximum atomic E-state index is 14.8. The van der Waals surface area contributed by atoms with E-state index in [4.69, 9.17) is 0 Å². The Balaban J connectivity index is 1.64. The summed E-state index contributed by atoms with van der Waals surface area (Å²) in [6, 6.07) is 9.71. The molecule has 5 rings (SSSR count). The van der Waals surface area contributed by atoms with Crippen molar-refractivity contribution < 1.29 is 26.4 Å². The van der Waals surface area contributed by atoms with Crippen molar-refractivity contribution in [1.29, 1.82) is 0 Å². The highest BCUT2D eigenvalue weighted by Crippen LogP contribution is 2.31. The minimum atomic E-state index is -3.19. The average Bonchev–Trinajstić information content (AvgIpc) is 2.88. The summed E-state index contributed by atoms with van der Waals surface area (Å²) >= 11 is 0. The Morgan fingerprint density at radius 2 is 1.69 bits per heavy atom. The molecule has 0 atom stereocenters. The zero-order valence-electron chi connectivity index (χ0n) is 20.6. The molecule has 1 aliphatic heterocycles. The number of carbonyl (C=O) groups excluding carboxylic acids is 1. The minimum Gasteiger partial charge on any atom is -0.345 e. The van der Waals surface area contributed by atoms with Crippen molar-refractivity contribution >= 4 is 32.7 Å². The molecule has 39 heavy (non-hydrogen) atoms. The van der Waals surface area contributed by atoms with E-state index in [1.807, 2.05) is 0 Å². The van der Waals surface area contributed by atoms with Crippen molar-refractivity contribution in [2.24, 2.45) is 0 Å². The van der Waals surface area contributed by atoms with Crippen molar-refractivity contribution in [3.8, 4) is 16.9 Å². The summed E-state index contributed by atoms with van der Waals surface area (Å²) in [4.78, 5) is 35.9. The monoisotopic (exact) mass is 557 g/mol. The van der Waals surface area contributed by atoms with Crippen LogP contribution < -0.4 is 10.9 Å². The molecule has 9 nitrogen and oxygen atoms in total. The first-order chi connectivity index (χ1) is 18.5. The van der Waals surface area contributed by atoms with Crippen LogP contribution in [0.1, 0.15) is 5.56 Å². The smallest absolute Gasteiger partial charge is 0.256 e. The van der Waals surface area contributed by atoms with Crippen molar-refractivity contribution in [3.05, 3.63) is 81.9 Å². The van der Waals surface area contributed by atoms with Crippen LogP contribution in [0.25, 0.3) is 28.0 Å². The molecule has 0 unspecified atom stereocenters. The molecule has 1 fully saturated rings. The van der Waals surface area contributed by atoms with Crippen LogP contribution in [0.15, 0.2) is 53.3 Å². The molecule has 0 spiro atoms. The number of pyridine rings is 1. The Bertz CT molecular complexity index is 1760. The van der Waals surface area contributed by atoms with Gasteiger partial charge in [0.05, 0.1) is 23.7 Å². The number of aromatic nitrogens is 3. The number of anilines is 1. The summed E-state index contributed by atoms with van der Waals surface area (Å²) in [5.41, 5.74) is -0.324. The lowest BCUT2D eigenvalue weighted by Crippen LogP contribution is -2.45. The van der Waals surface area contributed by atoms with Crippen LogP contribution in [-0.4, -0.2) is 64.9 Å². The predicted molar refractivity (Wildman–Crippen MR) is 139 cm³/mol. The molecule has 1 amide bonds. The van der Waals surface area contributed by atoms with Gasteiger partial charge in [-0.1, -0.05) is 6.07 Å². The molecule has 2 aromatic heterocycles. The van der Waals surface area contributed by atoms with E-state index in [2.05, 4.69) is 15.3 Å². The zero-order chi connectivity index (χ0) is 27.9. The van der Waals surface area contributed by atoms with Crippen LogP contribution in [0.3, 0.4) is 0 Å². The van der Waals surface area contributed by atoms with Gasteiger partial charge in [-0.15, -0.1) is 0 Å². The third-order valence-electron chi connectivity index (χ3n) is 6.45. The van der Waals surface area contributed by atoms with E-state index in [0.717, 1.165) is 28.8 Å². The number of halogens is 3. The predicted octanol–water partition coefficient (Wildman–Crippen LogP) is 2.84. The van der Waals surface area contributed by atoms with Crippen LogP contribution in [-0.2, 0) is 14.6 Å². The van der Waals surface area contributed by atoms with E-state index >= 15 is 0 Å². The average molecular weight is 558 g/mol. The van der Waals surface area contributed by atoms with Gasteiger partial charge in [0.2, 0.25) is 11.9 Å². The molecule has 1 N–H and O–H groups in total. The molecule has 1 aliphatic rings. The summed E-state index contributed by atoms with van der Waals surface area (Å²) < 4.78 is 67.6. The molecule has 3 heterocycles. The molecular weight excluding hydrogens is 535 g/mol. The van der Waals surface area contributed by atoms with Crippen LogP contribution in [0.2, 0.25) is 0 Å². The van der Waals surface area contributed by atoms with Crippen LogP contribution in [0, 0.1) is 24.4 Å². The van der Waals surface area contributed by atoms with E-state index in [-0.39, 0.29) is 53.8 Å². The Morgan fingerprint density at radius 3 is 2.36 bits per heavy atom. The lowest BCUT2D eigenvalue weighted by Gasteiger charge is -2.26. The number of rotatable bonds is 5. The Hall–Kier alpha value is -4.26. The fourth-order valence-electron chi connectivity index (χ4n) is 4.44. The van der Waals surface area contributed by atoms with Crippen LogP contribution in [0.5, 0.6) is 0 Å². The lowest BCUT2D eigenvalue weighted by molar-refractivity contribution is -0.128. The van der Waals surface area contributed by atoms with Gasteiger partial charge in [0.1, 0.15) is 23.1 Å². The second-order valence-corrected chi connectivity index (χ2v) is 11.4. The van der Waals surface area contributed by atoms with Gasteiger partial charge in [0, 0.05) is 30.1 Å². The molecular formula is C26H22F3N5O4S. The highest BCUT2D eigenvalue weighted by Gasteiger charge is 2.25. The third kappa shape index (κ3) is 5.21. The van der Waals surface area contributed by atoms with Crippen LogP contribution in [0.4, 0.5) is 19.1 Å². The maximum absolute atomic E-state index is 14.8. The van der Waals surface area contributed by atoms with Crippen molar-refractivity contribution in [1.82, 2.24) is 19.4 Å². The third-order valence-corrected chi connectivity index (χ3v) is 8.06. The highest BCUT2D eigenvalue weighted by atomic mass is 32.2. The fourth-order valence-corrected chi connectivity index (χ4v) is 5.64. The number of hydrogen-bond acceptors (Lipinski definition) is 7. The molecule has 0 saturated carbocycles. The Morgan fingerprint density at radius 1 is 1.00 bits per heavy atom. The van der Waals surface area contributed by atoms with Gasteiger partial charge in [0.25, 0.3) is 5.56 Å². The van der Waals surface area contributed by atoms with E-state index in [1.165, 1.54) is 29.2 Å². The van der Waals surface area contributed by atoms with Gasteiger partial charge in [-0.25, -0.2) is 26.6 Å². The molecule has 0 radical (unpaired) electrons. The van der Waals surface area contributed by atoms with Crippen molar-refractivity contribution in [2.45, 2.75) is 6.92 Å². The van der Waals surface area contributed by atoms with Gasteiger partial charge in [-0.05, 0) is 48.9 Å². The van der Waals surface area contributed by atoms with Gasteiger partial charge >= 0.3 is 0 Å². The summed E-state index contributed by atoms with van der Waals surface area (Å²) in [5.74, 6) is -3.28. The lowest BCUT2D eigenvalue weighted by atomic mass is 10.0. The number of nitrogens with one attached hydrogen (secondary N) is 1. The molecule has 4 aromatic rings. The summed E-state index contributed by atoms with van der Waals surface area (Å²) in [7, 11) is -3.19. The normalized spacial score (nSPS) is 14.9. The molecule has 13 heteroatoms. The largest absolute Gasteiger partial charge is 0.345 e. The Labute approximate surface area is 220 Å². The minimum absolute atomic E-state index is 0.0492. The number of amides is 1. The summed E-state index contributed by atoms with van der Waals surface area (Å²) in [6.45, 7) is 1.44. The Kier molecular flexibility index (Phi) is 6.85. The van der Waals surface area contributed by atoms with Crippen LogP contribution >= 0.6 is 0 Å². The highest BCUT2D eigenvalue weighted by molar-refractivity contribution is 7.91. The van der Waals surface area contributed by atoms with E-state index in [1.54, 1.807) is 6.92 Å². The standard InChI is InChI=1S/C26H22F3N5O4S/c1-15-13-16(27)5-6-17(15)23-18-7-8-21(35)34(24-19(28)3-2-4-20(24)29)25(18)32-26(31-23)30-14-22(36)33-9-11-39(37,38)12-10-33/h2-8,13H,9-12,14H2,1H3,(H,30,31,32). The second kappa shape index (κ2) is 10.1. The molecule has 0 aliphatic carbocycles. The number of hydrogen-bond donors (Lipinski definition) is 1. The molecule has 2 aromatic carbocycles. The van der Waals surface area contributed by atoms with Gasteiger partial charge in [-0.3, -0.25) is 14.2 Å². The molecule has 0 bridgehead atoms. The quantitative estimate of drug-likeness (QED) is 0.401. The first-order valence-electron chi connectivity index (χ1n) is 11.9. The number of para-hydroxylation sites is 1. The number of benzene rings is 2. The summed E-state index contributed by atoms with van der Waals surface area (Å²) in [6.07, 6.45) is 0. The zero-order valence-corrected chi connectivity index (χ0v) is 21.4. The SMILES string of the molecule is Cc1cc(F)ccc1-c1nc(NCC(=O)N2CCS(=O)(=O)CC2)nc2c1ccc(=O)n2-c1c(F)cccc1F. The number of sulfone groups is 1.